The van der Waals surface area contributed by atoms with Crippen LogP contribution < -0.4 is 11.1 Å². The molecule has 3 nitrogen and oxygen atoms in total. The Morgan fingerprint density at radius 2 is 1.93 bits per heavy atom. The summed E-state index contributed by atoms with van der Waals surface area (Å²) in [5.74, 6) is -0.00259. The highest BCUT2D eigenvalue weighted by atomic mass is 35.5. The first-order valence-corrected chi connectivity index (χ1v) is 4.97. The molecule has 0 aromatic heterocycles. The molecule has 0 aliphatic heterocycles. The Morgan fingerprint density at radius 3 is 2.21 bits per heavy atom. The lowest BCUT2D eigenvalue weighted by Crippen LogP contribution is -2.52. The minimum atomic E-state index is -0.395. The summed E-state index contributed by atoms with van der Waals surface area (Å²) in [6, 6.07) is -0.00556. The van der Waals surface area contributed by atoms with Crippen molar-refractivity contribution in [1.82, 2.24) is 5.32 Å². The van der Waals surface area contributed by atoms with Gasteiger partial charge >= 0.3 is 0 Å². The monoisotopic (exact) mass is 220 g/mol. The molecule has 0 radical (unpaired) electrons. The van der Waals surface area contributed by atoms with E-state index in [1.54, 1.807) is 0 Å². The summed E-state index contributed by atoms with van der Waals surface area (Å²) < 4.78 is 0. The van der Waals surface area contributed by atoms with Gasteiger partial charge in [-0.1, -0.05) is 20.8 Å². The maximum absolute atomic E-state index is 11.6. The van der Waals surface area contributed by atoms with Crippen molar-refractivity contribution in [2.45, 2.75) is 52.1 Å². The highest BCUT2D eigenvalue weighted by Crippen LogP contribution is 2.21. The summed E-state index contributed by atoms with van der Waals surface area (Å²) in [4.78, 5) is 11.6. The van der Waals surface area contributed by atoms with Crippen molar-refractivity contribution in [2.75, 3.05) is 0 Å². The molecule has 1 unspecified atom stereocenters. The lowest BCUT2D eigenvalue weighted by Gasteiger charge is -2.31. The van der Waals surface area contributed by atoms with Crippen molar-refractivity contribution in [3.05, 3.63) is 0 Å². The molecule has 14 heavy (non-hydrogen) atoms. The standard InChI is InChI=1S/C10H20N2O.ClH/c1-10(2,3)8(11)9(13)12-7-5-4-6-7;/h7-8H,4-6,11H2,1-3H3,(H,12,13);1H. The first-order valence-electron chi connectivity index (χ1n) is 4.97. The van der Waals surface area contributed by atoms with Crippen LogP contribution in [0.3, 0.4) is 0 Å². The second-order valence-corrected chi connectivity index (χ2v) is 4.98. The molecule has 84 valence electrons. The molecule has 1 rings (SSSR count). The largest absolute Gasteiger partial charge is 0.352 e. The van der Waals surface area contributed by atoms with Crippen molar-refractivity contribution in [1.29, 1.82) is 0 Å². The van der Waals surface area contributed by atoms with E-state index in [1.807, 2.05) is 20.8 Å². The van der Waals surface area contributed by atoms with E-state index < -0.39 is 6.04 Å². The number of nitrogens with two attached hydrogens (primary N) is 1. The van der Waals surface area contributed by atoms with E-state index in [2.05, 4.69) is 5.32 Å². The minimum absolute atomic E-state index is 0. The third-order valence-electron chi connectivity index (χ3n) is 2.67. The van der Waals surface area contributed by atoms with E-state index in [9.17, 15) is 4.79 Å². The van der Waals surface area contributed by atoms with Crippen molar-refractivity contribution in [3.63, 3.8) is 0 Å². The second-order valence-electron chi connectivity index (χ2n) is 4.98. The first kappa shape index (κ1) is 13.7. The summed E-state index contributed by atoms with van der Waals surface area (Å²) in [6.07, 6.45) is 3.46. The molecule has 1 aliphatic rings. The molecular formula is C10H21ClN2O. The van der Waals surface area contributed by atoms with Gasteiger partial charge < -0.3 is 11.1 Å². The average Bonchev–Trinajstić information content (AvgIpc) is 1.93. The van der Waals surface area contributed by atoms with Crippen LogP contribution in [0.1, 0.15) is 40.0 Å². The number of halogens is 1. The molecule has 1 atom stereocenters. The fourth-order valence-electron chi connectivity index (χ4n) is 1.24. The van der Waals surface area contributed by atoms with Gasteiger partial charge in [0.2, 0.25) is 5.91 Å². The van der Waals surface area contributed by atoms with Gasteiger partial charge in [0.05, 0.1) is 6.04 Å². The molecule has 0 heterocycles. The number of hydrogen-bond donors (Lipinski definition) is 2. The summed E-state index contributed by atoms with van der Waals surface area (Å²) in [5, 5.41) is 2.96. The summed E-state index contributed by atoms with van der Waals surface area (Å²) in [6.45, 7) is 5.95. The molecule has 1 fully saturated rings. The van der Waals surface area contributed by atoms with Gasteiger partial charge in [0.25, 0.3) is 0 Å². The van der Waals surface area contributed by atoms with E-state index in [-0.39, 0.29) is 23.7 Å². The zero-order chi connectivity index (χ0) is 10.1. The predicted octanol–water partition coefficient (Wildman–Crippen LogP) is 1.45. The van der Waals surface area contributed by atoms with Crippen LogP contribution in [-0.2, 0) is 4.79 Å². The molecule has 1 amide bonds. The molecule has 0 saturated heterocycles. The zero-order valence-electron chi connectivity index (χ0n) is 9.17. The maximum atomic E-state index is 11.6. The van der Waals surface area contributed by atoms with E-state index in [0.29, 0.717) is 6.04 Å². The highest BCUT2D eigenvalue weighted by molar-refractivity contribution is 5.85. The van der Waals surface area contributed by atoms with Crippen LogP contribution in [0.2, 0.25) is 0 Å². The van der Waals surface area contributed by atoms with Crippen molar-refractivity contribution >= 4 is 18.3 Å². The van der Waals surface area contributed by atoms with Crippen LogP contribution in [-0.4, -0.2) is 18.0 Å². The summed E-state index contributed by atoms with van der Waals surface area (Å²) in [7, 11) is 0. The minimum Gasteiger partial charge on any atom is -0.352 e. The van der Waals surface area contributed by atoms with Gasteiger partial charge in [0.15, 0.2) is 0 Å². The van der Waals surface area contributed by atoms with Crippen LogP contribution in [0.15, 0.2) is 0 Å². The molecule has 0 bridgehead atoms. The third-order valence-corrected chi connectivity index (χ3v) is 2.67. The number of hydrogen-bond acceptors (Lipinski definition) is 2. The Hall–Kier alpha value is -0.280. The molecule has 4 heteroatoms. The molecule has 0 spiro atoms. The van der Waals surface area contributed by atoms with E-state index >= 15 is 0 Å². The third kappa shape index (κ3) is 3.46. The topological polar surface area (TPSA) is 55.1 Å². The molecule has 0 aromatic carbocycles. The number of carbonyl (C=O) groups is 1. The number of amides is 1. The Bertz CT molecular complexity index is 197. The molecule has 3 N–H and O–H groups in total. The number of nitrogens with one attached hydrogen (secondary N) is 1. The number of carbonyl (C=O) groups excluding carboxylic acids is 1. The van der Waals surface area contributed by atoms with Crippen LogP contribution in [0.5, 0.6) is 0 Å². The summed E-state index contributed by atoms with van der Waals surface area (Å²) in [5.41, 5.74) is 5.66. The maximum Gasteiger partial charge on any atom is 0.237 e. The zero-order valence-corrected chi connectivity index (χ0v) is 9.99. The van der Waals surface area contributed by atoms with Gasteiger partial charge in [0, 0.05) is 6.04 Å². The van der Waals surface area contributed by atoms with Crippen LogP contribution >= 0.6 is 12.4 Å². The van der Waals surface area contributed by atoms with Crippen LogP contribution in [0.4, 0.5) is 0 Å². The Morgan fingerprint density at radius 1 is 1.43 bits per heavy atom. The van der Waals surface area contributed by atoms with Crippen LogP contribution in [0, 0.1) is 5.41 Å². The lowest BCUT2D eigenvalue weighted by atomic mass is 9.86. The lowest BCUT2D eigenvalue weighted by molar-refractivity contribution is -0.125. The Kier molecular flexibility index (Phi) is 4.89. The van der Waals surface area contributed by atoms with E-state index in [1.165, 1.54) is 6.42 Å². The predicted molar refractivity (Wildman–Crippen MR) is 60.5 cm³/mol. The first-order chi connectivity index (χ1) is 5.91. The van der Waals surface area contributed by atoms with Crippen molar-refractivity contribution in [2.24, 2.45) is 11.1 Å². The Balaban J connectivity index is 0.00000169. The normalized spacial score (nSPS) is 19.1. The second kappa shape index (κ2) is 4.99. The quantitative estimate of drug-likeness (QED) is 0.740. The van der Waals surface area contributed by atoms with Gasteiger partial charge in [-0.3, -0.25) is 4.79 Å². The molecule has 1 saturated carbocycles. The summed E-state index contributed by atoms with van der Waals surface area (Å²) >= 11 is 0. The van der Waals surface area contributed by atoms with E-state index in [4.69, 9.17) is 5.73 Å². The number of rotatable bonds is 2. The van der Waals surface area contributed by atoms with Gasteiger partial charge in [-0.2, -0.15) is 0 Å². The molecule has 1 aliphatic carbocycles. The van der Waals surface area contributed by atoms with E-state index in [0.717, 1.165) is 12.8 Å². The van der Waals surface area contributed by atoms with Gasteiger partial charge in [-0.25, -0.2) is 0 Å². The molecular weight excluding hydrogens is 200 g/mol. The van der Waals surface area contributed by atoms with Gasteiger partial charge in [-0.05, 0) is 24.7 Å². The fraction of sp³-hybridized carbons (Fsp3) is 0.900. The highest BCUT2D eigenvalue weighted by Gasteiger charge is 2.29. The van der Waals surface area contributed by atoms with Crippen LogP contribution in [0.25, 0.3) is 0 Å². The van der Waals surface area contributed by atoms with Gasteiger partial charge in [0.1, 0.15) is 0 Å². The van der Waals surface area contributed by atoms with Crippen molar-refractivity contribution < 1.29 is 4.79 Å². The average molecular weight is 221 g/mol. The SMILES string of the molecule is CC(C)(C)C(N)C(=O)NC1CCC1.Cl. The fourth-order valence-corrected chi connectivity index (χ4v) is 1.24. The smallest absolute Gasteiger partial charge is 0.237 e. The van der Waals surface area contributed by atoms with Crippen molar-refractivity contribution in [3.8, 4) is 0 Å². The van der Waals surface area contributed by atoms with Gasteiger partial charge in [-0.15, -0.1) is 12.4 Å². The Labute approximate surface area is 92.2 Å². The molecule has 0 aromatic rings.